The summed E-state index contributed by atoms with van der Waals surface area (Å²) in [6.07, 6.45) is 3.21. The van der Waals surface area contributed by atoms with Crippen LogP contribution in [0.4, 0.5) is 0 Å². The molecule has 1 N–H and O–H groups in total. The topological polar surface area (TPSA) is 50.7 Å². The molecule has 0 aliphatic heterocycles. The van der Waals surface area contributed by atoms with E-state index in [9.17, 15) is 4.79 Å². The summed E-state index contributed by atoms with van der Waals surface area (Å²) < 4.78 is 1.45. The van der Waals surface area contributed by atoms with Crippen LogP contribution in [-0.2, 0) is 7.05 Å². The Morgan fingerprint density at radius 2 is 2.45 bits per heavy atom. The van der Waals surface area contributed by atoms with Gasteiger partial charge in [-0.05, 0) is 6.07 Å². The molecule has 56 valence electrons. The molecule has 4 heteroatoms. The van der Waals surface area contributed by atoms with Gasteiger partial charge in [0.25, 0.3) is 5.56 Å². The third kappa shape index (κ3) is 0.756. The molecule has 0 fully saturated rings. The zero-order chi connectivity index (χ0) is 7.84. The lowest BCUT2D eigenvalue weighted by Gasteiger charge is -1.93. The fourth-order valence-corrected chi connectivity index (χ4v) is 1.03. The minimum atomic E-state index is -0.0174. The van der Waals surface area contributed by atoms with E-state index in [4.69, 9.17) is 0 Å². The van der Waals surface area contributed by atoms with Crippen LogP contribution in [0.3, 0.4) is 0 Å². The summed E-state index contributed by atoms with van der Waals surface area (Å²) in [5, 5.41) is 0.634. The molecule has 2 aromatic rings. The summed E-state index contributed by atoms with van der Waals surface area (Å²) in [5.74, 6) is 0. The molecule has 2 aromatic heterocycles. The Hall–Kier alpha value is -1.58. The lowest BCUT2D eigenvalue weighted by Crippen LogP contribution is -2.15. The molecule has 0 saturated carbocycles. The van der Waals surface area contributed by atoms with E-state index in [0.717, 1.165) is 0 Å². The fraction of sp³-hybridized carbons (Fsp3) is 0.143. The first-order chi connectivity index (χ1) is 5.29. The normalized spacial score (nSPS) is 10.6. The van der Waals surface area contributed by atoms with Crippen LogP contribution in [0.1, 0.15) is 0 Å². The van der Waals surface area contributed by atoms with Gasteiger partial charge in [0.05, 0.1) is 11.7 Å². The maximum Gasteiger partial charge on any atom is 0.262 e. The van der Waals surface area contributed by atoms with E-state index >= 15 is 0 Å². The third-order valence-electron chi connectivity index (χ3n) is 1.64. The number of H-pyrrole nitrogens is 1. The first-order valence-corrected chi connectivity index (χ1v) is 3.28. The van der Waals surface area contributed by atoms with E-state index in [1.165, 1.54) is 10.9 Å². The molecule has 0 saturated heterocycles. The summed E-state index contributed by atoms with van der Waals surface area (Å²) in [6, 6.07) is 1.73. The Labute approximate surface area is 62.5 Å². The predicted molar refractivity (Wildman–Crippen MR) is 41.3 cm³/mol. The standard InChI is InChI=1S/C7H7N3O/c1-10-4-9-6-5(7(10)11)2-3-8-6/h2-4,8H,1H3. The number of nitrogens with one attached hydrogen (secondary N) is 1. The van der Waals surface area contributed by atoms with Crippen LogP contribution in [0, 0.1) is 0 Å². The lowest BCUT2D eigenvalue weighted by molar-refractivity contribution is 0.842. The molecule has 0 aromatic carbocycles. The largest absolute Gasteiger partial charge is 0.346 e. The van der Waals surface area contributed by atoms with Crippen molar-refractivity contribution in [2.45, 2.75) is 0 Å². The van der Waals surface area contributed by atoms with Crippen molar-refractivity contribution in [2.75, 3.05) is 0 Å². The zero-order valence-corrected chi connectivity index (χ0v) is 6.03. The van der Waals surface area contributed by atoms with Crippen molar-refractivity contribution in [3.8, 4) is 0 Å². The number of fused-ring (bicyclic) bond motifs is 1. The van der Waals surface area contributed by atoms with Gasteiger partial charge in [0.1, 0.15) is 5.65 Å². The molecule has 11 heavy (non-hydrogen) atoms. The summed E-state index contributed by atoms with van der Waals surface area (Å²) in [7, 11) is 1.68. The van der Waals surface area contributed by atoms with Crippen LogP contribution in [0.5, 0.6) is 0 Å². The molecular weight excluding hydrogens is 142 g/mol. The molecule has 0 unspecified atom stereocenters. The Kier molecular flexibility index (Phi) is 1.09. The smallest absolute Gasteiger partial charge is 0.262 e. The maximum absolute atomic E-state index is 11.3. The average Bonchev–Trinajstić information content (AvgIpc) is 2.45. The highest BCUT2D eigenvalue weighted by molar-refractivity contribution is 5.73. The molecule has 0 aliphatic rings. The van der Waals surface area contributed by atoms with E-state index in [0.29, 0.717) is 11.0 Å². The minimum absolute atomic E-state index is 0.0174. The van der Waals surface area contributed by atoms with Gasteiger partial charge in [0.15, 0.2) is 0 Å². The van der Waals surface area contributed by atoms with Crippen molar-refractivity contribution < 1.29 is 0 Å². The van der Waals surface area contributed by atoms with Gasteiger partial charge in [-0.3, -0.25) is 4.79 Å². The summed E-state index contributed by atoms with van der Waals surface area (Å²) in [4.78, 5) is 18.2. The van der Waals surface area contributed by atoms with Gasteiger partial charge in [-0.2, -0.15) is 0 Å². The molecule has 0 atom stereocenters. The lowest BCUT2D eigenvalue weighted by atomic mass is 10.4. The summed E-state index contributed by atoms with van der Waals surface area (Å²) >= 11 is 0. The van der Waals surface area contributed by atoms with Gasteiger partial charge in [0.2, 0.25) is 0 Å². The highest BCUT2D eigenvalue weighted by Gasteiger charge is 1.99. The second kappa shape index (κ2) is 1.95. The number of aromatic amines is 1. The van der Waals surface area contributed by atoms with Crippen LogP contribution in [0.15, 0.2) is 23.4 Å². The summed E-state index contributed by atoms with van der Waals surface area (Å²) in [6.45, 7) is 0. The highest BCUT2D eigenvalue weighted by Crippen LogP contribution is 2.00. The molecular formula is C7H7N3O. The molecule has 0 bridgehead atoms. The molecule has 4 nitrogen and oxygen atoms in total. The first-order valence-electron chi connectivity index (χ1n) is 3.28. The minimum Gasteiger partial charge on any atom is -0.346 e. The number of aryl methyl sites for hydroxylation is 1. The van der Waals surface area contributed by atoms with Crippen molar-refractivity contribution in [1.29, 1.82) is 0 Å². The predicted octanol–water partition coefficient (Wildman–Crippen LogP) is 0.262. The Balaban J connectivity index is 3.05. The highest BCUT2D eigenvalue weighted by atomic mass is 16.1. The SMILES string of the molecule is Cn1cnc2[nH]ccc2c1=O. The molecule has 0 radical (unpaired) electrons. The molecule has 2 heterocycles. The second-order valence-corrected chi connectivity index (χ2v) is 2.40. The van der Waals surface area contributed by atoms with E-state index in [-0.39, 0.29) is 5.56 Å². The van der Waals surface area contributed by atoms with Crippen molar-refractivity contribution in [1.82, 2.24) is 14.5 Å². The fourth-order valence-electron chi connectivity index (χ4n) is 1.03. The number of aromatic nitrogens is 3. The third-order valence-corrected chi connectivity index (χ3v) is 1.64. The van der Waals surface area contributed by atoms with Crippen molar-refractivity contribution in [3.05, 3.63) is 28.9 Å². The van der Waals surface area contributed by atoms with Gasteiger partial charge in [0, 0.05) is 13.2 Å². The van der Waals surface area contributed by atoms with E-state index in [1.54, 1.807) is 19.3 Å². The monoisotopic (exact) mass is 149 g/mol. The number of hydrogen-bond acceptors (Lipinski definition) is 2. The van der Waals surface area contributed by atoms with Gasteiger partial charge < -0.3 is 9.55 Å². The number of nitrogens with zero attached hydrogens (tertiary/aromatic N) is 2. The van der Waals surface area contributed by atoms with Crippen molar-refractivity contribution >= 4 is 11.0 Å². The van der Waals surface area contributed by atoms with E-state index in [1.807, 2.05) is 0 Å². The van der Waals surface area contributed by atoms with Crippen molar-refractivity contribution in [2.24, 2.45) is 7.05 Å². The number of hydrogen-bond donors (Lipinski definition) is 1. The number of rotatable bonds is 0. The second-order valence-electron chi connectivity index (χ2n) is 2.40. The Morgan fingerprint density at radius 3 is 3.27 bits per heavy atom. The van der Waals surface area contributed by atoms with Crippen LogP contribution in [0.25, 0.3) is 11.0 Å². The molecule has 2 rings (SSSR count). The van der Waals surface area contributed by atoms with E-state index in [2.05, 4.69) is 9.97 Å². The van der Waals surface area contributed by atoms with Crippen LogP contribution in [0.2, 0.25) is 0 Å². The zero-order valence-electron chi connectivity index (χ0n) is 6.03. The van der Waals surface area contributed by atoms with Crippen LogP contribution in [-0.4, -0.2) is 14.5 Å². The molecule has 0 amide bonds. The Bertz CT molecular complexity index is 440. The van der Waals surface area contributed by atoms with E-state index < -0.39 is 0 Å². The van der Waals surface area contributed by atoms with Crippen molar-refractivity contribution in [3.63, 3.8) is 0 Å². The first kappa shape index (κ1) is 6.15. The molecule has 0 spiro atoms. The van der Waals surface area contributed by atoms with Crippen LogP contribution < -0.4 is 5.56 Å². The maximum atomic E-state index is 11.3. The van der Waals surface area contributed by atoms with Crippen LogP contribution >= 0.6 is 0 Å². The van der Waals surface area contributed by atoms with Gasteiger partial charge >= 0.3 is 0 Å². The molecule has 0 aliphatic carbocycles. The van der Waals surface area contributed by atoms with Gasteiger partial charge in [-0.1, -0.05) is 0 Å². The average molecular weight is 149 g/mol. The quantitative estimate of drug-likeness (QED) is 0.584. The van der Waals surface area contributed by atoms with Gasteiger partial charge in [-0.15, -0.1) is 0 Å². The Morgan fingerprint density at radius 1 is 1.64 bits per heavy atom. The van der Waals surface area contributed by atoms with Gasteiger partial charge in [-0.25, -0.2) is 4.98 Å². The summed E-state index contributed by atoms with van der Waals surface area (Å²) in [5.41, 5.74) is 0.629.